The average molecular weight is 294 g/mol. The van der Waals surface area contributed by atoms with E-state index in [-0.39, 0.29) is 0 Å². The first-order valence-electron chi connectivity index (χ1n) is 9.04. The van der Waals surface area contributed by atoms with E-state index in [2.05, 4.69) is 54.0 Å². The van der Waals surface area contributed by atoms with E-state index in [0.29, 0.717) is 47.3 Å². The second-order valence-corrected chi connectivity index (χ2v) is 8.80. The van der Waals surface area contributed by atoms with E-state index in [1.54, 1.807) is 0 Å². The molecule has 0 N–H and O–H groups in total. The molecule has 0 heterocycles. The molecule has 0 heteroatoms. The largest absolute Gasteiger partial charge is 0.0953 e. The molecule has 0 aliphatic heterocycles. The van der Waals surface area contributed by atoms with Crippen molar-refractivity contribution in [3.63, 3.8) is 0 Å². The molecule has 4 fully saturated rings. The fourth-order valence-corrected chi connectivity index (χ4v) is 7.17. The summed E-state index contributed by atoms with van der Waals surface area (Å²) < 4.78 is 0. The Morgan fingerprint density at radius 1 is 0.455 bits per heavy atom. The Hall–Kier alpha value is -1.04. The lowest BCUT2D eigenvalue weighted by molar-refractivity contribution is -0.0512. The van der Waals surface area contributed by atoms with Crippen LogP contribution >= 0.6 is 0 Å². The van der Waals surface area contributed by atoms with Crippen LogP contribution in [0.3, 0.4) is 0 Å². The molecule has 4 aliphatic carbocycles. The third kappa shape index (κ3) is 1.36. The Bertz CT molecular complexity index is 500. The Balaban J connectivity index is 1.94. The minimum atomic E-state index is 0.643. The van der Waals surface area contributed by atoms with Gasteiger partial charge in [0.1, 0.15) is 0 Å². The molecule has 22 heavy (non-hydrogen) atoms. The van der Waals surface area contributed by atoms with Gasteiger partial charge in [0.25, 0.3) is 0 Å². The molecule has 8 atom stereocenters. The monoisotopic (exact) mass is 294 g/mol. The number of allylic oxidation sites excluding steroid dienone is 4. The zero-order valence-corrected chi connectivity index (χ0v) is 14.6. The van der Waals surface area contributed by atoms with Crippen LogP contribution in [-0.4, -0.2) is 0 Å². The number of hydrogen-bond acceptors (Lipinski definition) is 0. The molecule has 0 radical (unpaired) electrons. The molecule has 0 saturated heterocycles. The summed E-state index contributed by atoms with van der Waals surface area (Å²) in [5.41, 5.74) is 5.48. The van der Waals surface area contributed by atoms with E-state index >= 15 is 0 Å². The molecular formula is C22H30. The molecule has 0 spiro atoms. The minimum Gasteiger partial charge on any atom is -0.0953 e. The van der Waals surface area contributed by atoms with Gasteiger partial charge in [-0.2, -0.15) is 0 Å². The van der Waals surface area contributed by atoms with Gasteiger partial charge in [-0.15, -0.1) is 0 Å². The molecule has 8 unspecified atom stereocenters. The summed E-state index contributed by atoms with van der Waals surface area (Å²) in [6.07, 6.45) is 0. The topological polar surface area (TPSA) is 0 Å². The SMILES string of the molecule is C=C1C(=C)C2C(C)C(C)C3C(=C)C(=C)C4C(C)C(C)C1C2C43. The highest BCUT2D eigenvalue weighted by molar-refractivity contribution is 5.47. The molecule has 0 bridgehead atoms. The molecule has 4 aliphatic rings. The van der Waals surface area contributed by atoms with E-state index in [4.69, 9.17) is 0 Å². The van der Waals surface area contributed by atoms with Crippen molar-refractivity contribution in [2.24, 2.45) is 59.2 Å². The highest BCUT2D eigenvalue weighted by Gasteiger charge is 2.65. The highest BCUT2D eigenvalue weighted by atomic mass is 14.7. The van der Waals surface area contributed by atoms with Gasteiger partial charge in [0.15, 0.2) is 0 Å². The molecule has 0 nitrogen and oxygen atoms in total. The van der Waals surface area contributed by atoms with Crippen molar-refractivity contribution in [2.45, 2.75) is 27.7 Å². The van der Waals surface area contributed by atoms with Gasteiger partial charge in [0.2, 0.25) is 0 Å². The molecule has 118 valence electrons. The Labute approximate surface area is 136 Å². The second kappa shape index (κ2) is 4.28. The maximum atomic E-state index is 4.49. The average Bonchev–Trinajstić information content (AvgIpc) is 2.89. The van der Waals surface area contributed by atoms with Gasteiger partial charge in [-0.1, -0.05) is 54.0 Å². The standard InChI is InChI=1S/C22H30/c1-9-10(2)18-15(7)16(8)20-12(4)11(3)19-14(6)13(5)17(9)21(18)22(19)20/h13-22H,1-4H2,5-8H3. The quantitative estimate of drug-likeness (QED) is 0.553. The maximum Gasteiger partial charge on any atom is -0.00994 e. The van der Waals surface area contributed by atoms with Crippen molar-refractivity contribution < 1.29 is 0 Å². The van der Waals surface area contributed by atoms with Crippen LogP contribution in [-0.2, 0) is 0 Å². The van der Waals surface area contributed by atoms with E-state index in [1.807, 2.05) is 0 Å². The summed E-state index contributed by atoms with van der Waals surface area (Å²) in [4.78, 5) is 0. The number of rotatable bonds is 0. The van der Waals surface area contributed by atoms with Crippen molar-refractivity contribution in [2.75, 3.05) is 0 Å². The van der Waals surface area contributed by atoms with Gasteiger partial charge in [0.05, 0.1) is 0 Å². The fraction of sp³-hybridized carbons (Fsp3) is 0.636. The van der Waals surface area contributed by atoms with Crippen molar-refractivity contribution in [3.8, 4) is 0 Å². The highest BCUT2D eigenvalue weighted by Crippen LogP contribution is 2.71. The molecule has 4 saturated carbocycles. The fourth-order valence-electron chi connectivity index (χ4n) is 7.17. The Morgan fingerprint density at radius 2 is 0.636 bits per heavy atom. The van der Waals surface area contributed by atoms with Gasteiger partial charge in [0, 0.05) is 0 Å². The smallest absolute Gasteiger partial charge is 0.00994 e. The zero-order valence-electron chi connectivity index (χ0n) is 14.6. The lowest BCUT2D eigenvalue weighted by Crippen LogP contribution is -2.50. The van der Waals surface area contributed by atoms with Crippen LogP contribution in [0, 0.1) is 59.2 Å². The number of hydrogen-bond donors (Lipinski definition) is 0. The molecule has 4 rings (SSSR count). The van der Waals surface area contributed by atoms with Gasteiger partial charge < -0.3 is 0 Å². The van der Waals surface area contributed by atoms with Crippen molar-refractivity contribution in [1.82, 2.24) is 0 Å². The van der Waals surface area contributed by atoms with Crippen LogP contribution in [0.2, 0.25) is 0 Å². The van der Waals surface area contributed by atoms with Gasteiger partial charge in [-0.3, -0.25) is 0 Å². The first kappa shape index (κ1) is 14.5. The summed E-state index contributed by atoms with van der Waals surface area (Å²) in [5, 5.41) is 0. The van der Waals surface area contributed by atoms with Crippen LogP contribution < -0.4 is 0 Å². The molecule has 0 aromatic rings. The maximum absolute atomic E-state index is 4.49. The van der Waals surface area contributed by atoms with E-state index < -0.39 is 0 Å². The zero-order chi connectivity index (χ0) is 16.1. The third-order valence-corrected chi connectivity index (χ3v) is 8.46. The van der Waals surface area contributed by atoms with Gasteiger partial charge in [-0.25, -0.2) is 0 Å². The summed E-state index contributed by atoms with van der Waals surface area (Å²) in [6.45, 7) is 27.7. The minimum absolute atomic E-state index is 0.643. The molecule has 0 amide bonds. The first-order chi connectivity index (χ1) is 10.3. The van der Waals surface area contributed by atoms with Gasteiger partial charge >= 0.3 is 0 Å². The lowest BCUT2D eigenvalue weighted by atomic mass is 9.50. The van der Waals surface area contributed by atoms with Crippen LogP contribution in [0.25, 0.3) is 0 Å². The Morgan fingerprint density at radius 3 is 0.818 bits per heavy atom. The second-order valence-electron chi connectivity index (χ2n) is 8.80. The predicted octanol–water partition coefficient (Wildman–Crippen LogP) is 5.51. The van der Waals surface area contributed by atoms with Crippen LogP contribution in [0.15, 0.2) is 48.6 Å². The normalized spacial score (nSPS) is 56.5. The summed E-state index contributed by atoms with van der Waals surface area (Å²) in [5.74, 6) is 6.79. The van der Waals surface area contributed by atoms with Crippen LogP contribution in [0.1, 0.15) is 27.7 Å². The van der Waals surface area contributed by atoms with Crippen molar-refractivity contribution in [1.29, 1.82) is 0 Å². The Kier molecular flexibility index (Phi) is 2.83. The summed E-state index contributed by atoms with van der Waals surface area (Å²) >= 11 is 0. The van der Waals surface area contributed by atoms with Crippen molar-refractivity contribution >= 4 is 0 Å². The van der Waals surface area contributed by atoms with Gasteiger partial charge in [-0.05, 0) is 81.5 Å². The summed E-state index contributed by atoms with van der Waals surface area (Å²) in [7, 11) is 0. The van der Waals surface area contributed by atoms with E-state index in [1.165, 1.54) is 22.3 Å². The van der Waals surface area contributed by atoms with Crippen molar-refractivity contribution in [3.05, 3.63) is 48.6 Å². The van der Waals surface area contributed by atoms with E-state index in [9.17, 15) is 0 Å². The predicted molar refractivity (Wildman–Crippen MR) is 94.2 cm³/mol. The molecule has 0 aromatic heterocycles. The molecular weight excluding hydrogens is 264 g/mol. The summed E-state index contributed by atoms with van der Waals surface area (Å²) in [6, 6.07) is 0. The van der Waals surface area contributed by atoms with Crippen LogP contribution in [0.5, 0.6) is 0 Å². The lowest BCUT2D eigenvalue weighted by Gasteiger charge is -2.54. The van der Waals surface area contributed by atoms with Crippen LogP contribution in [0.4, 0.5) is 0 Å². The molecule has 0 aromatic carbocycles. The third-order valence-electron chi connectivity index (χ3n) is 8.46. The van der Waals surface area contributed by atoms with E-state index in [0.717, 1.165) is 11.8 Å². The first-order valence-corrected chi connectivity index (χ1v) is 9.04.